The molecule has 1 amide bonds. The number of carboxylic acids is 1. The largest absolute Gasteiger partial charge is 0.480 e. The highest BCUT2D eigenvalue weighted by Crippen LogP contribution is 2.47. The van der Waals surface area contributed by atoms with Crippen LogP contribution in [0.25, 0.3) is 0 Å². The molecule has 0 spiro atoms. The number of esters is 1. The zero-order valence-electron chi connectivity index (χ0n) is 19.5. The molecule has 0 aromatic heterocycles. The molecule has 1 aliphatic carbocycles. The van der Waals surface area contributed by atoms with Crippen molar-refractivity contribution in [1.82, 2.24) is 5.32 Å². The van der Waals surface area contributed by atoms with E-state index in [2.05, 4.69) is 56.0 Å². The monoisotopic (exact) mass is 451 g/mol. The van der Waals surface area contributed by atoms with E-state index < -0.39 is 29.3 Å². The first kappa shape index (κ1) is 27.0. The predicted molar refractivity (Wildman–Crippen MR) is 126 cm³/mol. The van der Waals surface area contributed by atoms with Crippen molar-refractivity contribution in [2.24, 2.45) is 5.41 Å². The highest BCUT2D eigenvalue weighted by atomic mass is 32.2. The summed E-state index contributed by atoms with van der Waals surface area (Å²) in [6, 6.07) is -1.03. The van der Waals surface area contributed by atoms with Crippen LogP contribution in [0.3, 0.4) is 0 Å². The van der Waals surface area contributed by atoms with Crippen LogP contribution in [0.2, 0.25) is 0 Å². The Morgan fingerprint density at radius 1 is 1.03 bits per heavy atom. The van der Waals surface area contributed by atoms with Crippen molar-refractivity contribution >= 4 is 29.6 Å². The van der Waals surface area contributed by atoms with E-state index in [1.54, 1.807) is 0 Å². The van der Waals surface area contributed by atoms with Gasteiger partial charge in [0.2, 0.25) is 5.91 Å². The fraction of sp³-hybridized carbons (Fsp3) is 0.625. The summed E-state index contributed by atoms with van der Waals surface area (Å²) in [5.41, 5.74) is 2.82. The molecule has 0 saturated heterocycles. The van der Waals surface area contributed by atoms with Gasteiger partial charge < -0.3 is 15.2 Å². The van der Waals surface area contributed by atoms with Crippen LogP contribution >= 0.6 is 11.8 Å². The molecule has 1 fully saturated rings. The van der Waals surface area contributed by atoms with Gasteiger partial charge >= 0.3 is 11.9 Å². The van der Waals surface area contributed by atoms with Crippen LogP contribution in [0.5, 0.6) is 0 Å². The van der Waals surface area contributed by atoms with E-state index in [-0.39, 0.29) is 5.75 Å². The molecule has 0 radical (unpaired) electrons. The maximum Gasteiger partial charge on any atom is 0.327 e. The quantitative estimate of drug-likeness (QED) is 0.173. The number of ether oxygens (including phenoxy) is 1. The average Bonchev–Trinajstić information content (AvgIpc) is 3.51. The van der Waals surface area contributed by atoms with E-state index in [0.29, 0.717) is 18.6 Å². The van der Waals surface area contributed by atoms with Gasteiger partial charge in [0.15, 0.2) is 0 Å². The Kier molecular flexibility index (Phi) is 11.7. The fourth-order valence-corrected chi connectivity index (χ4v) is 4.04. The Morgan fingerprint density at radius 2 is 1.61 bits per heavy atom. The van der Waals surface area contributed by atoms with Crippen LogP contribution in [0.15, 0.2) is 34.9 Å². The minimum absolute atomic E-state index is 0.242. The lowest BCUT2D eigenvalue weighted by Crippen LogP contribution is -2.48. The van der Waals surface area contributed by atoms with Crippen LogP contribution in [-0.4, -0.2) is 47.6 Å². The second kappa shape index (κ2) is 13.4. The van der Waals surface area contributed by atoms with Gasteiger partial charge in [-0.15, -0.1) is 0 Å². The normalized spacial score (nSPS) is 16.3. The minimum Gasteiger partial charge on any atom is -0.480 e. The van der Waals surface area contributed by atoms with Gasteiger partial charge in [0.25, 0.3) is 0 Å². The average molecular weight is 452 g/mol. The molecule has 7 heteroatoms. The number of hydrogen-bond donors (Lipinski definition) is 2. The number of amides is 1. The molecule has 2 N–H and O–H groups in total. The Labute approximate surface area is 190 Å². The molecule has 1 aliphatic rings. The third kappa shape index (κ3) is 9.76. The second-order valence-corrected chi connectivity index (χ2v) is 9.51. The number of aliphatic carboxylic acids is 1. The summed E-state index contributed by atoms with van der Waals surface area (Å²) in [5, 5.41) is 11.9. The molecule has 0 bridgehead atoms. The van der Waals surface area contributed by atoms with Gasteiger partial charge in [0.05, 0.1) is 7.11 Å². The number of carboxylic acid groups (broad SMARTS) is 1. The summed E-state index contributed by atoms with van der Waals surface area (Å²) < 4.78 is 4.67. The number of carbonyl (C=O) groups is 3. The molecule has 31 heavy (non-hydrogen) atoms. The molecule has 1 atom stereocenters. The number of thioether (sulfide) groups is 1. The molecule has 0 aromatic rings. The number of nitrogens with one attached hydrogen (secondary N) is 1. The predicted octanol–water partition coefficient (Wildman–Crippen LogP) is 4.66. The van der Waals surface area contributed by atoms with Crippen LogP contribution in [0.4, 0.5) is 0 Å². The van der Waals surface area contributed by atoms with Gasteiger partial charge in [-0.3, -0.25) is 9.59 Å². The lowest BCUT2D eigenvalue weighted by molar-refractivity contribution is -0.153. The van der Waals surface area contributed by atoms with E-state index in [1.165, 1.54) is 35.6 Å². The number of allylic oxidation sites excluding steroid dienone is 5. The van der Waals surface area contributed by atoms with Crippen molar-refractivity contribution in [3.63, 3.8) is 0 Å². The summed E-state index contributed by atoms with van der Waals surface area (Å²) >= 11 is 1.45. The van der Waals surface area contributed by atoms with Gasteiger partial charge in [-0.25, -0.2) is 4.79 Å². The molecule has 0 unspecified atom stereocenters. The first-order valence-corrected chi connectivity index (χ1v) is 11.9. The van der Waals surface area contributed by atoms with Gasteiger partial charge in [0.1, 0.15) is 11.5 Å². The summed E-state index contributed by atoms with van der Waals surface area (Å²) in [6.07, 6.45) is 11.6. The summed E-state index contributed by atoms with van der Waals surface area (Å²) in [7, 11) is 1.23. The molecular formula is C24H37NO5S. The van der Waals surface area contributed by atoms with Crippen molar-refractivity contribution in [3.8, 4) is 0 Å². The Hall–Kier alpha value is -2.02. The molecule has 0 aromatic carbocycles. The summed E-state index contributed by atoms with van der Waals surface area (Å²) in [5.74, 6) is -1.33. The lowest BCUT2D eigenvalue weighted by atomic mass is 10.1. The highest BCUT2D eigenvalue weighted by molar-refractivity contribution is 7.99. The maximum atomic E-state index is 12.4. The van der Waals surface area contributed by atoms with Crippen LogP contribution in [-0.2, 0) is 19.1 Å². The number of hydrogen-bond acceptors (Lipinski definition) is 5. The Balaban J connectivity index is 2.38. The molecule has 174 valence electrons. The van der Waals surface area contributed by atoms with Crippen LogP contribution in [0, 0.1) is 5.41 Å². The summed E-state index contributed by atoms with van der Waals surface area (Å²) in [4.78, 5) is 35.6. The van der Waals surface area contributed by atoms with Crippen molar-refractivity contribution in [2.75, 3.05) is 18.6 Å². The van der Waals surface area contributed by atoms with E-state index in [9.17, 15) is 19.5 Å². The van der Waals surface area contributed by atoms with Gasteiger partial charge in [-0.2, -0.15) is 11.8 Å². The smallest absolute Gasteiger partial charge is 0.327 e. The zero-order valence-corrected chi connectivity index (χ0v) is 20.3. The van der Waals surface area contributed by atoms with Gasteiger partial charge in [-0.1, -0.05) is 34.9 Å². The number of carbonyl (C=O) groups excluding carboxylic acids is 2. The van der Waals surface area contributed by atoms with Crippen LogP contribution < -0.4 is 5.32 Å². The standard InChI is InChI=1S/C24H37NO5S/c1-17(2)8-6-9-18(3)10-7-11-19(4)12-15-31-16-20(21(26)27)25-22(28)24(13-14-24)23(29)30-5/h8,10,12,20H,6-7,9,11,13-16H2,1-5H3,(H,25,28)(H,26,27)/t20-/m0/s1. The first-order chi connectivity index (χ1) is 14.6. The van der Waals surface area contributed by atoms with Crippen molar-refractivity contribution in [1.29, 1.82) is 0 Å². The third-order valence-electron chi connectivity index (χ3n) is 5.32. The second-order valence-electron chi connectivity index (χ2n) is 8.44. The molecule has 1 rings (SSSR count). The lowest BCUT2D eigenvalue weighted by Gasteiger charge is -2.18. The maximum absolute atomic E-state index is 12.4. The summed E-state index contributed by atoms with van der Waals surface area (Å²) in [6.45, 7) is 8.48. The highest BCUT2D eigenvalue weighted by Gasteiger charge is 2.58. The van der Waals surface area contributed by atoms with E-state index in [4.69, 9.17) is 0 Å². The van der Waals surface area contributed by atoms with E-state index >= 15 is 0 Å². The molecule has 6 nitrogen and oxygen atoms in total. The fourth-order valence-electron chi connectivity index (χ4n) is 3.04. The molecular weight excluding hydrogens is 414 g/mol. The first-order valence-electron chi connectivity index (χ1n) is 10.8. The molecule has 0 heterocycles. The van der Waals surface area contributed by atoms with Crippen molar-refractivity contribution in [3.05, 3.63) is 34.9 Å². The molecule has 0 aliphatic heterocycles. The Bertz CT molecular complexity index is 730. The van der Waals surface area contributed by atoms with Gasteiger partial charge in [0, 0.05) is 11.5 Å². The molecule has 1 saturated carbocycles. The third-order valence-corrected chi connectivity index (χ3v) is 6.29. The van der Waals surface area contributed by atoms with E-state index in [0.717, 1.165) is 25.7 Å². The zero-order chi connectivity index (χ0) is 23.4. The minimum atomic E-state index is -1.19. The van der Waals surface area contributed by atoms with Crippen molar-refractivity contribution in [2.45, 2.75) is 72.3 Å². The van der Waals surface area contributed by atoms with Crippen molar-refractivity contribution < 1.29 is 24.2 Å². The topological polar surface area (TPSA) is 92.7 Å². The van der Waals surface area contributed by atoms with Crippen LogP contribution in [0.1, 0.15) is 66.2 Å². The van der Waals surface area contributed by atoms with E-state index in [1.807, 2.05) is 0 Å². The van der Waals surface area contributed by atoms with Gasteiger partial charge in [-0.05, 0) is 66.2 Å². The number of methoxy groups -OCH3 is 1. The SMILES string of the molecule is COC(=O)C1(C(=O)N[C@@H](CSCC=C(C)CCC=C(C)CCC=C(C)C)C(=O)O)CC1. The Morgan fingerprint density at radius 3 is 2.13 bits per heavy atom. The number of rotatable bonds is 14.